The highest BCUT2D eigenvalue weighted by molar-refractivity contribution is 14.0. The fourth-order valence-corrected chi connectivity index (χ4v) is 2.86. The molecule has 9 heteroatoms. The minimum Gasteiger partial charge on any atom is -0.491 e. The van der Waals surface area contributed by atoms with Crippen LogP contribution in [-0.2, 0) is 17.8 Å². The van der Waals surface area contributed by atoms with Gasteiger partial charge in [0.1, 0.15) is 12.4 Å². The van der Waals surface area contributed by atoms with Gasteiger partial charge in [0.15, 0.2) is 11.8 Å². The molecule has 8 nitrogen and oxygen atoms in total. The van der Waals surface area contributed by atoms with Gasteiger partial charge in [-0.1, -0.05) is 12.1 Å². The number of rotatable bonds is 9. The number of methoxy groups -OCH3 is 1. The van der Waals surface area contributed by atoms with Crippen LogP contribution in [0, 0.1) is 6.92 Å². The molecule has 0 bridgehead atoms. The van der Waals surface area contributed by atoms with Crippen molar-refractivity contribution in [3.8, 4) is 11.6 Å². The minimum absolute atomic E-state index is 0. The molecule has 0 saturated carbocycles. The average Bonchev–Trinajstić information content (AvgIpc) is 3.30. The third-order valence-electron chi connectivity index (χ3n) is 4.45. The lowest BCUT2D eigenvalue weighted by atomic mass is 10.1. The predicted molar refractivity (Wildman–Crippen MR) is 132 cm³/mol. The number of hydrogen-bond donors (Lipinski definition) is 2. The van der Waals surface area contributed by atoms with E-state index in [9.17, 15) is 0 Å². The van der Waals surface area contributed by atoms with Gasteiger partial charge in [-0.2, -0.15) is 5.10 Å². The molecule has 0 aliphatic heterocycles. The first kappa shape index (κ1) is 24.6. The van der Waals surface area contributed by atoms with Crippen LogP contribution in [0.15, 0.2) is 60.0 Å². The SMILES string of the molecule is CN=C(NCc1ccnc(-n2cccn2)c1)NCc1ccc(C)cc1OCCOC.I. The molecule has 2 aromatic heterocycles. The maximum atomic E-state index is 5.86. The number of guanidine groups is 1. The average molecular weight is 536 g/mol. The van der Waals surface area contributed by atoms with Crippen molar-refractivity contribution >= 4 is 29.9 Å². The summed E-state index contributed by atoms with van der Waals surface area (Å²) in [5.41, 5.74) is 3.29. The van der Waals surface area contributed by atoms with Gasteiger partial charge in [0.2, 0.25) is 0 Å². The summed E-state index contributed by atoms with van der Waals surface area (Å²) < 4.78 is 12.7. The zero-order valence-corrected chi connectivity index (χ0v) is 20.4. The van der Waals surface area contributed by atoms with Crippen molar-refractivity contribution < 1.29 is 9.47 Å². The van der Waals surface area contributed by atoms with Crippen molar-refractivity contribution in [3.63, 3.8) is 0 Å². The number of pyridine rings is 1. The lowest BCUT2D eigenvalue weighted by Crippen LogP contribution is -2.36. The molecular formula is C22H29IN6O2. The quantitative estimate of drug-likeness (QED) is 0.189. The van der Waals surface area contributed by atoms with Crippen LogP contribution in [0.5, 0.6) is 5.75 Å². The van der Waals surface area contributed by atoms with Crippen LogP contribution >= 0.6 is 24.0 Å². The van der Waals surface area contributed by atoms with E-state index in [1.165, 1.54) is 0 Å². The second-order valence-electron chi connectivity index (χ2n) is 6.70. The highest BCUT2D eigenvalue weighted by Gasteiger charge is 2.07. The zero-order chi connectivity index (χ0) is 21.2. The van der Waals surface area contributed by atoms with E-state index < -0.39 is 0 Å². The molecule has 2 heterocycles. The van der Waals surface area contributed by atoms with Gasteiger partial charge in [-0.25, -0.2) is 9.67 Å². The fourth-order valence-electron chi connectivity index (χ4n) is 2.86. The molecule has 3 rings (SSSR count). The summed E-state index contributed by atoms with van der Waals surface area (Å²) in [6.45, 7) is 4.32. The van der Waals surface area contributed by atoms with Crippen molar-refractivity contribution in [1.29, 1.82) is 0 Å². The first-order valence-corrected chi connectivity index (χ1v) is 9.80. The van der Waals surface area contributed by atoms with Crippen LogP contribution in [0.4, 0.5) is 0 Å². The Labute approximate surface area is 200 Å². The van der Waals surface area contributed by atoms with Crippen LogP contribution in [0.25, 0.3) is 5.82 Å². The van der Waals surface area contributed by atoms with Gasteiger partial charge in [0, 0.05) is 51.4 Å². The molecule has 0 fully saturated rings. The Balaban J connectivity index is 0.00000341. The number of aliphatic imine (C=N–C) groups is 1. The van der Waals surface area contributed by atoms with E-state index in [2.05, 4.69) is 37.8 Å². The number of ether oxygens (including phenoxy) is 2. The molecule has 0 aliphatic carbocycles. The smallest absolute Gasteiger partial charge is 0.191 e. The Morgan fingerprint density at radius 1 is 1.10 bits per heavy atom. The van der Waals surface area contributed by atoms with Crippen LogP contribution in [-0.4, -0.2) is 48.1 Å². The van der Waals surface area contributed by atoms with Gasteiger partial charge in [0.25, 0.3) is 0 Å². The second-order valence-corrected chi connectivity index (χ2v) is 6.70. The van der Waals surface area contributed by atoms with Crippen LogP contribution in [0.3, 0.4) is 0 Å². The standard InChI is InChI=1S/C22H28N6O2.HI/c1-17-5-6-19(20(13-17)30-12-11-29-3)16-26-22(23-2)25-15-18-7-9-24-21(14-18)28-10-4-8-27-28;/h4-10,13-14H,11-12,15-16H2,1-3H3,(H2,23,25,26);1H. The molecule has 31 heavy (non-hydrogen) atoms. The lowest BCUT2D eigenvalue weighted by Gasteiger charge is -2.15. The molecule has 3 aromatic rings. The maximum Gasteiger partial charge on any atom is 0.191 e. The van der Waals surface area contributed by atoms with Gasteiger partial charge in [0.05, 0.1) is 6.61 Å². The molecule has 0 saturated heterocycles. The Hall–Kier alpha value is -2.66. The third-order valence-corrected chi connectivity index (χ3v) is 4.45. The molecule has 0 atom stereocenters. The Morgan fingerprint density at radius 2 is 1.94 bits per heavy atom. The lowest BCUT2D eigenvalue weighted by molar-refractivity contribution is 0.145. The molecule has 166 valence electrons. The molecule has 1 aromatic carbocycles. The summed E-state index contributed by atoms with van der Waals surface area (Å²) in [5, 5.41) is 10.9. The summed E-state index contributed by atoms with van der Waals surface area (Å²) in [6, 6.07) is 12.0. The Kier molecular flexibility index (Phi) is 10.2. The summed E-state index contributed by atoms with van der Waals surface area (Å²) in [6.07, 6.45) is 5.38. The number of halogens is 1. The molecule has 0 aliphatic rings. The Bertz CT molecular complexity index is 962. The van der Waals surface area contributed by atoms with Gasteiger partial charge in [-0.15, -0.1) is 24.0 Å². The van der Waals surface area contributed by atoms with Crippen LogP contribution in [0.1, 0.15) is 16.7 Å². The fraction of sp³-hybridized carbons (Fsp3) is 0.318. The van der Waals surface area contributed by atoms with Gasteiger partial charge < -0.3 is 20.1 Å². The minimum atomic E-state index is 0. The van der Waals surface area contributed by atoms with Crippen molar-refractivity contribution in [2.24, 2.45) is 4.99 Å². The number of nitrogens with one attached hydrogen (secondary N) is 2. The van der Waals surface area contributed by atoms with Gasteiger partial charge in [-0.3, -0.25) is 4.99 Å². The largest absolute Gasteiger partial charge is 0.491 e. The first-order chi connectivity index (χ1) is 14.7. The van der Waals surface area contributed by atoms with Crippen LogP contribution < -0.4 is 15.4 Å². The molecule has 0 amide bonds. The number of hydrogen-bond acceptors (Lipinski definition) is 5. The number of aromatic nitrogens is 3. The second kappa shape index (κ2) is 12.9. The predicted octanol–water partition coefficient (Wildman–Crippen LogP) is 3.08. The number of aryl methyl sites for hydroxylation is 1. The summed E-state index contributed by atoms with van der Waals surface area (Å²) >= 11 is 0. The summed E-state index contributed by atoms with van der Waals surface area (Å²) in [5.74, 6) is 2.34. The first-order valence-electron chi connectivity index (χ1n) is 9.80. The zero-order valence-electron chi connectivity index (χ0n) is 18.0. The number of nitrogens with zero attached hydrogens (tertiary/aromatic N) is 4. The topological polar surface area (TPSA) is 85.6 Å². The van der Waals surface area contributed by atoms with Crippen molar-refractivity contribution in [2.75, 3.05) is 27.4 Å². The molecular weight excluding hydrogens is 507 g/mol. The van der Waals surface area contributed by atoms with E-state index >= 15 is 0 Å². The van der Waals surface area contributed by atoms with Crippen molar-refractivity contribution in [3.05, 3.63) is 71.7 Å². The number of benzene rings is 1. The summed E-state index contributed by atoms with van der Waals surface area (Å²) in [4.78, 5) is 8.67. The molecule has 0 spiro atoms. The maximum absolute atomic E-state index is 5.86. The third kappa shape index (κ3) is 7.51. The highest BCUT2D eigenvalue weighted by Crippen LogP contribution is 2.20. The van der Waals surface area contributed by atoms with E-state index in [1.807, 2.05) is 37.4 Å². The van der Waals surface area contributed by atoms with Crippen molar-refractivity contribution in [2.45, 2.75) is 20.0 Å². The van der Waals surface area contributed by atoms with E-state index in [0.717, 1.165) is 28.3 Å². The van der Waals surface area contributed by atoms with E-state index in [-0.39, 0.29) is 24.0 Å². The van der Waals surface area contributed by atoms with Crippen LogP contribution in [0.2, 0.25) is 0 Å². The van der Waals surface area contributed by atoms with E-state index in [4.69, 9.17) is 9.47 Å². The molecule has 0 radical (unpaired) electrons. The highest BCUT2D eigenvalue weighted by atomic mass is 127. The van der Waals surface area contributed by atoms with Crippen molar-refractivity contribution in [1.82, 2.24) is 25.4 Å². The Morgan fingerprint density at radius 3 is 2.68 bits per heavy atom. The van der Waals surface area contributed by atoms with Gasteiger partial charge >= 0.3 is 0 Å². The molecule has 2 N–H and O–H groups in total. The normalized spacial score (nSPS) is 11.0. The summed E-state index contributed by atoms with van der Waals surface area (Å²) in [7, 11) is 3.42. The van der Waals surface area contributed by atoms with E-state index in [0.29, 0.717) is 32.3 Å². The molecule has 0 unspecified atom stereocenters. The van der Waals surface area contributed by atoms with E-state index in [1.54, 1.807) is 31.2 Å². The monoisotopic (exact) mass is 536 g/mol. The van der Waals surface area contributed by atoms with Gasteiger partial charge in [-0.05, 0) is 42.3 Å².